The van der Waals surface area contributed by atoms with Crippen LogP contribution >= 0.6 is 0 Å². The van der Waals surface area contributed by atoms with Crippen molar-refractivity contribution in [2.75, 3.05) is 0 Å². The highest BCUT2D eigenvalue weighted by molar-refractivity contribution is 6.26. The minimum Gasteiger partial charge on any atom is -0.309 e. The summed E-state index contributed by atoms with van der Waals surface area (Å²) < 4.78 is 93.6. The van der Waals surface area contributed by atoms with E-state index in [0.717, 1.165) is 22.3 Å². The highest BCUT2D eigenvalue weighted by Gasteiger charge is 2.20. The summed E-state index contributed by atoms with van der Waals surface area (Å²) in [5.74, 6) is 0. The summed E-state index contributed by atoms with van der Waals surface area (Å²) in [5, 5.41) is 0.493. The molecule has 0 aliphatic rings. The summed E-state index contributed by atoms with van der Waals surface area (Å²) in [6.45, 7) is 0. The van der Waals surface area contributed by atoms with E-state index in [1.165, 1.54) is 0 Å². The summed E-state index contributed by atoms with van der Waals surface area (Å²) >= 11 is 0. The Hall–Kier alpha value is -5.86. The minimum absolute atomic E-state index is 0.0532. The Morgan fingerprint density at radius 1 is 0.364 bits per heavy atom. The molecular formula is C42H28N2. The summed E-state index contributed by atoms with van der Waals surface area (Å²) in [6, 6.07) is 30.5. The van der Waals surface area contributed by atoms with E-state index in [1.54, 1.807) is 9.13 Å². The first-order valence-electron chi connectivity index (χ1n) is 19.3. The number of benzene rings is 7. The molecule has 0 fully saturated rings. The average Bonchev–Trinajstić information content (AvgIpc) is 3.75. The molecule has 2 heterocycles. The van der Waals surface area contributed by atoms with Crippen molar-refractivity contribution in [2.24, 2.45) is 0 Å². The fourth-order valence-electron chi connectivity index (χ4n) is 6.21. The van der Waals surface area contributed by atoms with Gasteiger partial charge in [-0.25, -0.2) is 0 Å². The quantitative estimate of drug-likeness (QED) is 0.199. The number of hydrogen-bond acceptors (Lipinski definition) is 0. The Bertz CT molecular complexity index is 3010. The molecule has 0 bridgehead atoms. The van der Waals surface area contributed by atoms with E-state index < -0.39 is 24.2 Å². The fourth-order valence-corrected chi connectivity index (χ4v) is 6.21. The van der Waals surface area contributed by atoms with Crippen LogP contribution in [0.2, 0.25) is 0 Å². The van der Waals surface area contributed by atoms with Crippen molar-refractivity contribution < 1.29 is 13.7 Å². The summed E-state index contributed by atoms with van der Waals surface area (Å²) in [7, 11) is 0. The third-order valence-corrected chi connectivity index (χ3v) is 8.21. The predicted octanol–water partition coefficient (Wildman–Crippen LogP) is 11.2. The smallest absolute Gasteiger partial charge is 0.0645 e. The SMILES string of the molecule is [2H]c1c([2H])c([2H])c2c(c1[2H])c1c(c([2H])c([2H])c3c4c([2H])c([2H])c([2H])c([2H])c4n(-c4ccc(-c5ccccc5)cc4)c31)n2-c1ccc(-c2ccccc2)cc1. The van der Waals surface area contributed by atoms with Gasteiger partial charge in [0, 0.05) is 32.9 Å². The van der Waals surface area contributed by atoms with Crippen LogP contribution in [0.25, 0.3) is 77.2 Å². The molecule has 0 radical (unpaired) electrons. The predicted molar refractivity (Wildman–Crippen MR) is 186 cm³/mol. The molecule has 9 aromatic rings. The van der Waals surface area contributed by atoms with Crippen molar-refractivity contribution in [1.82, 2.24) is 9.13 Å². The molecule has 0 aliphatic carbocycles. The van der Waals surface area contributed by atoms with Crippen LogP contribution in [0.4, 0.5) is 0 Å². The molecule has 0 atom stereocenters. The maximum absolute atomic E-state index is 9.52. The van der Waals surface area contributed by atoms with Crippen LogP contribution in [0.3, 0.4) is 0 Å². The Kier molecular flexibility index (Phi) is 3.74. The Morgan fingerprint density at radius 2 is 0.841 bits per heavy atom. The first-order valence-corrected chi connectivity index (χ1v) is 14.3. The normalized spacial score (nSPS) is 14.8. The van der Waals surface area contributed by atoms with E-state index in [9.17, 15) is 5.48 Å². The lowest BCUT2D eigenvalue weighted by molar-refractivity contribution is 1.17. The minimum atomic E-state index is -0.486. The molecule has 2 aromatic heterocycles. The summed E-state index contributed by atoms with van der Waals surface area (Å²) in [6.07, 6.45) is 0. The zero-order valence-electron chi connectivity index (χ0n) is 33.3. The Balaban J connectivity index is 1.50. The first kappa shape index (κ1) is 16.7. The maximum Gasteiger partial charge on any atom is 0.0645 e. The topological polar surface area (TPSA) is 9.86 Å². The maximum atomic E-state index is 9.52. The van der Waals surface area contributed by atoms with Crippen LogP contribution in [0, 0.1) is 0 Å². The number of fused-ring (bicyclic) bond motifs is 7. The van der Waals surface area contributed by atoms with Gasteiger partial charge in [-0.1, -0.05) is 127 Å². The average molecular weight is 571 g/mol. The van der Waals surface area contributed by atoms with E-state index in [4.69, 9.17) is 8.22 Å². The second kappa shape index (κ2) is 9.86. The molecule has 0 N–H and O–H groups in total. The van der Waals surface area contributed by atoms with Gasteiger partial charge >= 0.3 is 0 Å². The van der Waals surface area contributed by atoms with Gasteiger partial charge in [-0.2, -0.15) is 0 Å². The second-order valence-electron chi connectivity index (χ2n) is 10.6. The molecule has 2 heteroatoms. The zero-order valence-corrected chi connectivity index (χ0v) is 23.3. The Morgan fingerprint density at radius 3 is 1.43 bits per heavy atom. The fraction of sp³-hybridized carbons (Fsp3) is 0. The number of rotatable bonds is 4. The van der Waals surface area contributed by atoms with Crippen LogP contribution in [-0.2, 0) is 0 Å². The van der Waals surface area contributed by atoms with E-state index in [1.807, 2.05) is 109 Å². The molecule has 44 heavy (non-hydrogen) atoms. The number of para-hydroxylation sites is 2. The van der Waals surface area contributed by atoms with Gasteiger partial charge in [0.15, 0.2) is 0 Å². The second-order valence-corrected chi connectivity index (χ2v) is 10.6. The van der Waals surface area contributed by atoms with E-state index >= 15 is 0 Å². The molecular weight excluding hydrogens is 532 g/mol. The molecule has 206 valence electrons. The van der Waals surface area contributed by atoms with Crippen molar-refractivity contribution in [2.45, 2.75) is 0 Å². The molecule has 0 amide bonds. The Labute approximate surface area is 269 Å². The summed E-state index contributed by atoms with van der Waals surface area (Å²) in [4.78, 5) is 0. The highest BCUT2D eigenvalue weighted by Crippen LogP contribution is 2.42. The van der Waals surface area contributed by atoms with Gasteiger partial charge in [0.25, 0.3) is 0 Å². The van der Waals surface area contributed by atoms with Crippen molar-refractivity contribution in [3.05, 3.63) is 170 Å². The molecule has 0 spiro atoms. The molecule has 0 aliphatic heterocycles. The largest absolute Gasteiger partial charge is 0.309 e. The molecule has 0 saturated heterocycles. The van der Waals surface area contributed by atoms with Gasteiger partial charge in [0.1, 0.15) is 0 Å². The zero-order chi connectivity index (χ0) is 37.7. The first-order chi connectivity index (χ1) is 26.0. The van der Waals surface area contributed by atoms with E-state index in [2.05, 4.69) is 0 Å². The third kappa shape index (κ3) is 3.75. The van der Waals surface area contributed by atoms with Gasteiger partial charge < -0.3 is 9.13 Å². The van der Waals surface area contributed by atoms with Crippen molar-refractivity contribution >= 4 is 43.6 Å². The van der Waals surface area contributed by atoms with Crippen LogP contribution in [0.15, 0.2) is 170 Å². The lowest BCUT2D eigenvalue weighted by Crippen LogP contribution is -1.95. The van der Waals surface area contributed by atoms with E-state index in [0.29, 0.717) is 11.4 Å². The van der Waals surface area contributed by atoms with Gasteiger partial charge in [0.2, 0.25) is 0 Å². The highest BCUT2D eigenvalue weighted by atomic mass is 15.0. The lowest BCUT2D eigenvalue weighted by atomic mass is 10.1. The van der Waals surface area contributed by atoms with Crippen molar-refractivity contribution in [1.29, 1.82) is 0 Å². The van der Waals surface area contributed by atoms with Crippen LogP contribution in [0.1, 0.15) is 13.7 Å². The van der Waals surface area contributed by atoms with E-state index in [-0.39, 0.29) is 79.9 Å². The molecule has 0 saturated carbocycles. The monoisotopic (exact) mass is 570 g/mol. The standard InChI is InChI=1S/C42H28N2/c1-3-11-29(12-4-1)31-19-23-33(24-20-31)43-39-18-10-8-16-37(39)41-40(43)28-27-36-35-15-7-9-17-38(35)44(42(36)41)34-25-21-32(22-26-34)30-13-5-2-6-14-30/h1-28H/i7D,8D,9D,10D,15D,16D,17D,18D,27D,28D. The van der Waals surface area contributed by atoms with Crippen LogP contribution in [0.5, 0.6) is 0 Å². The molecule has 0 unspecified atom stereocenters. The number of nitrogens with zero attached hydrogens (tertiary/aromatic N) is 2. The van der Waals surface area contributed by atoms with Crippen LogP contribution < -0.4 is 0 Å². The van der Waals surface area contributed by atoms with Crippen molar-refractivity contribution in [3.63, 3.8) is 0 Å². The van der Waals surface area contributed by atoms with Gasteiger partial charge in [-0.15, -0.1) is 0 Å². The lowest BCUT2D eigenvalue weighted by Gasteiger charge is -2.11. The summed E-state index contributed by atoms with van der Waals surface area (Å²) in [5.41, 5.74) is 5.39. The number of aromatic nitrogens is 2. The molecule has 7 aromatic carbocycles. The molecule has 2 nitrogen and oxygen atoms in total. The van der Waals surface area contributed by atoms with Crippen molar-refractivity contribution in [3.8, 4) is 33.6 Å². The van der Waals surface area contributed by atoms with Gasteiger partial charge in [-0.05, 0) is 64.6 Å². The molecule has 9 rings (SSSR count). The van der Waals surface area contributed by atoms with Gasteiger partial charge in [0.05, 0.1) is 35.8 Å². The third-order valence-electron chi connectivity index (χ3n) is 8.21. The number of hydrogen-bond donors (Lipinski definition) is 0. The van der Waals surface area contributed by atoms with Gasteiger partial charge in [-0.3, -0.25) is 0 Å². The van der Waals surface area contributed by atoms with Crippen LogP contribution in [-0.4, -0.2) is 9.13 Å².